The molecule has 4 nitrogen and oxygen atoms in total. The Morgan fingerprint density at radius 1 is 0.641 bits per heavy atom. The number of aryl methyl sites for hydroxylation is 1. The fourth-order valence-electron chi connectivity index (χ4n) is 4.08. The normalized spacial score (nSPS) is 13.1. The van der Waals surface area contributed by atoms with E-state index in [9.17, 15) is 0 Å². The molecule has 3 atom stereocenters. The molecule has 3 unspecified atom stereocenters. The van der Waals surface area contributed by atoms with Crippen LogP contribution in [0.1, 0.15) is 102 Å². The molecule has 0 aliphatic carbocycles. The van der Waals surface area contributed by atoms with Crippen LogP contribution in [0.4, 0.5) is 0 Å². The lowest BCUT2D eigenvalue weighted by Crippen LogP contribution is -2.19. The van der Waals surface area contributed by atoms with Crippen molar-refractivity contribution in [2.24, 2.45) is 0 Å². The van der Waals surface area contributed by atoms with E-state index in [2.05, 4.69) is 58.9 Å². The summed E-state index contributed by atoms with van der Waals surface area (Å²) in [6.07, 6.45) is 6.92. The summed E-state index contributed by atoms with van der Waals surface area (Å²) < 4.78 is 17.3. The fraction of sp³-hybridized carbons (Fsp3) is 0.486. The molecule has 0 amide bonds. The highest BCUT2D eigenvalue weighted by molar-refractivity contribution is 5.30. The Morgan fingerprint density at radius 2 is 1.18 bits per heavy atom. The van der Waals surface area contributed by atoms with Crippen LogP contribution in [0.15, 0.2) is 72.8 Å². The molecule has 0 fully saturated rings. The van der Waals surface area contributed by atoms with Gasteiger partial charge in [0.05, 0.1) is 6.61 Å². The second-order valence-electron chi connectivity index (χ2n) is 10.3. The smallest absolute Gasteiger partial charge is 0.197 e. The SMILES string of the molecule is CCC(C)c1ccc(O)cc1.CCCCCc1ccc(OCCOC(C)Oc2ccc(C(C)CC)cc2)cc1. The lowest BCUT2D eigenvalue weighted by atomic mass is 9.99. The van der Waals surface area contributed by atoms with Gasteiger partial charge in [-0.1, -0.05) is 83.9 Å². The molecule has 3 aromatic carbocycles. The highest BCUT2D eigenvalue weighted by Gasteiger charge is 2.07. The molecule has 0 radical (unpaired) electrons. The van der Waals surface area contributed by atoms with Crippen molar-refractivity contribution in [1.29, 1.82) is 0 Å². The zero-order chi connectivity index (χ0) is 28.5. The number of aromatic hydroxyl groups is 1. The second kappa shape index (κ2) is 18.3. The highest BCUT2D eigenvalue weighted by Crippen LogP contribution is 2.22. The van der Waals surface area contributed by atoms with E-state index in [0.29, 0.717) is 30.8 Å². The highest BCUT2D eigenvalue weighted by atomic mass is 16.7. The van der Waals surface area contributed by atoms with E-state index >= 15 is 0 Å². The monoisotopic (exact) mass is 534 g/mol. The summed E-state index contributed by atoms with van der Waals surface area (Å²) in [4.78, 5) is 0. The van der Waals surface area contributed by atoms with E-state index in [0.717, 1.165) is 30.8 Å². The molecule has 4 heteroatoms. The lowest BCUT2D eigenvalue weighted by Gasteiger charge is -2.17. The third-order valence-electron chi connectivity index (χ3n) is 7.14. The molecule has 214 valence electrons. The molecule has 0 saturated heterocycles. The van der Waals surface area contributed by atoms with Crippen molar-refractivity contribution in [3.8, 4) is 17.2 Å². The Balaban J connectivity index is 0.000000404. The van der Waals surface area contributed by atoms with Gasteiger partial charge in [-0.15, -0.1) is 0 Å². The second-order valence-corrected chi connectivity index (χ2v) is 10.3. The van der Waals surface area contributed by atoms with Crippen LogP contribution in [-0.4, -0.2) is 24.6 Å². The molecule has 0 aliphatic heterocycles. The van der Waals surface area contributed by atoms with E-state index in [1.165, 1.54) is 36.0 Å². The molecular formula is C35H50O4. The lowest BCUT2D eigenvalue weighted by molar-refractivity contribution is -0.0739. The molecule has 1 N–H and O–H groups in total. The maximum Gasteiger partial charge on any atom is 0.197 e. The Labute approximate surface area is 237 Å². The summed E-state index contributed by atoms with van der Waals surface area (Å²) in [5, 5.41) is 9.01. The number of hydrogen-bond acceptors (Lipinski definition) is 4. The summed E-state index contributed by atoms with van der Waals surface area (Å²) in [5.41, 5.74) is 4.01. The summed E-state index contributed by atoms with van der Waals surface area (Å²) in [7, 11) is 0. The molecule has 3 rings (SSSR count). The minimum atomic E-state index is -0.306. The van der Waals surface area contributed by atoms with Gasteiger partial charge < -0.3 is 19.3 Å². The summed E-state index contributed by atoms with van der Waals surface area (Å²) in [5.74, 6) is 3.23. The van der Waals surface area contributed by atoms with Gasteiger partial charge in [0.15, 0.2) is 6.29 Å². The van der Waals surface area contributed by atoms with Crippen molar-refractivity contribution in [3.63, 3.8) is 0 Å². The first-order valence-corrected chi connectivity index (χ1v) is 14.7. The first-order valence-electron chi connectivity index (χ1n) is 14.7. The standard InChI is InChI=1S/C25H36O3.C10H14O/c1-5-7-8-9-22-10-14-24(15-11-22)27-19-18-26-21(4)28-25-16-12-23(13-17-25)20(3)6-2;1-3-8(2)9-4-6-10(11)7-5-9/h10-17,20-21H,5-9,18-19H2,1-4H3;4-8,11H,3H2,1-2H3. The number of ether oxygens (including phenoxy) is 3. The van der Waals surface area contributed by atoms with Crippen molar-refractivity contribution in [2.45, 2.75) is 98.2 Å². The molecule has 0 aromatic heterocycles. The van der Waals surface area contributed by atoms with Crippen LogP contribution in [0, 0.1) is 0 Å². The minimum absolute atomic E-state index is 0.306. The topological polar surface area (TPSA) is 47.9 Å². The summed E-state index contributed by atoms with van der Waals surface area (Å²) in [6.45, 7) is 13.9. The van der Waals surface area contributed by atoms with Gasteiger partial charge >= 0.3 is 0 Å². The molecule has 3 aromatic rings. The molecule has 0 spiro atoms. The number of phenols is 1. The van der Waals surface area contributed by atoms with Gasteiger partial charge in [0.1, 0.15) is 23.9 Å². The van der Waals surface area contributed by atoms with Gasteiger partial charge in [-0.3, -0.25) is 0 Å². The molecule has 0 aliphatic rings. The van der Waals surface area contributed by atoms with E-state index in [4.69, 9.17) is 19.3 Å². The van der Waals surface area contributed by atoms with E-state index in [-0.39, 0.29) is 6.29 Å². The average molecular weight is 535 g/mol. The van der Waals surface area contributed by atoms with Gasteiger partial charge in [-0.05, 0) is 97.5 Å². The van der Waals surface area contributed by atoms with Crippen LogP contribution >= 0.6 is 0 Å². The summed E-state index contributed by atoms with van der Waals surface area (Å²) in [6, 6.07) is 24.1. The molecule has 0 bridgehead atoms. The Kier molecular flexibility index (Phi) is 15.2. The quantitative estimate of drug-likeness (QED) is 0.156. The largest absolute Gasteiger partial charge is 0.508 e. The van der Waals surface area contributed by atoms with Crippen molar-refractivity contribution in [2.75, 3.05) is 13.2 Å². The van der Waals surface area contributed by atoms with Gasteiger partial charge in [0.2, 0.25) is 0 Å². The third-order valence-corrected chi connectivity index (χ3v) is 7.14. The van der Waals surface area contributed by atoms with Crippen LogP contribution in [0.3, 0.4) is 0 Å². The van der Waals surface area contributed by atoms with Crippen molar-refractivity contribution in [1.82, 2.24) is 0 Å². The summed E-state index contributed by atoms with van der Waals surface area (Å²) >= 11 is 0. The Hall–Kier alpha value is -2.98. The van der Waals surface area contributed by atoms with Gasteiger partial charge in [-0.25, -0.2) is 0 Å². The van der Waals surface area contributed by atoms with Crippen LogP contribution < -0.4 is 9.47 Å². The first kappa shape index (κ1) is 32.2. The van der Waals surface area contributed by atoms with E-state index in [1.54, 1.807) is 12.1 Å². The van der Waals surface area contributed by atoms with Gasteiger partial charge in [-0.2, -0.15) is 0 Å². The number of hydrogen-bond donors (Lipinski definition) is 1. The molecular weight excluding hydrogens is 484 g/mol. The van der Waals surface area contributed by atoms with Crippen LogP contribution in [0.2, 0.25) is 0 Å². The van der Waals surface area contributed by atoms with Gasteiger partial charge in [0, 0.05) is 0 Å². The van der Waals surface area contributed by atoms with E-state index in [1.807, 2.05) is 43.3 Å². The number of rotatable bonds is 15. The van der Waals surface area contributed by atoms with Crippen molar-refractivity contribution >= 4 is 0 Å². The Morgan fingerprint density at radius 3 is 1.72 bits per heavy atom. The maximum atomic E-state index is 9.01. The molecule has 39 heavy (non-hydrogen) atoms. The average Bonchev–Trinajstić information content (AvgIpc) is 2.96. The fourth-order valence-corrected chi connectivity index (χ4v) is 4.08. The predicted octanol–water partition coefficient (Wildman–Crippen LogP) is 9.66. The number of phenolic OH excluding ortho intramolecular Hbond substituents is 1. The minimum Gasteiger partial charge on any atom is -0.508 e. The molecule has 0 saturated carbocycles. The van der Waals surface area contributed by atoms with Crippen LogP contribution in [0.25, 0.3) is 0 Å². The van der Waals surface area contributed by atoms with Crippen LogP contribution in [0.5, 0.6) is 17.2 Å². The number of benzene rings is 3. The zero-order valence-electron chi connectivity index (χ0n) is 25.0. The third kappa shape index (κ3) is 12.6. The van der Waals surface area contributed by atoms with Crippen LogP contribution in [-0.2, 0) is 11.2 Å². The van der Waals surface area contributed by atoms with Gasteiger partial charge in [0.25, 0.3) is 0 Å². The van der Waals surface area contributed by atoms with Crippen molar-refractivity contribution < 1.29 is 19.3 Å². The maximum absolute atomic E-state index is 9.01. The number of unbranched alkanes of at least 4 members (excludes halogenated alkanes) is 2. The Bertz CT molecular complexity index is 1010. The molecule has 0 heterocycles. The van der Waals surface area contributed by atoms with Crippen molar-refractivity contribution in [3.05, 3.63) is 89.5 Å². The first-order chi connectivity index (χ1) is 18.9. The van der Waals surface area contributed by atoms with E-state index < -0.39 is 0 Å². The zero-order valence-corrected chi connectivity index (χ0v) is 25.0. The predicted molar refractivity (Wildman–Crippen MR) is 163 cm³/mol.